The minimum absolute atomic E-state index is 0.0595. The zero-order valence-corrected chi connectivity index (χ0v) is 28.0. The van der Waals surface area contributed by atoms with Crippen molar-refractivity contribution in [2.24, 2.45) is 0 Å². The Morgan fingerprint density at radius 3 is 2.13 bits per heavy atom. The molecule has 47 heavy (non-hydrogen) atoms. The monoisotopic (exact) mass is 687 g/mol. The molecule has 0 atom stereocenters. The van der Waals surface area contributed by atoms with E-state index in [-0.39, 0.29) is 49.6 Å². The van der Waals surface area contributed by atoms with Gasteiger partial charge < -0.3 is 28.2 Å². The second-order valence-corrected chi connectivity index (χ2v) is 14.6. The fourth-order valence-electron chi connectivity index (χ4n) is 4.86. The highest BCUT2D eigenvalue weighted by Gasteiger charge is 2.48. The van der Waals surface area contributed by atoms with E-state index in [1.54, 1.807) is 46.4 Å². The average molecular weight is 688 g/mol. The van der Waals surface area contributed by atoms with Crippen LogP contribution in [0, 0.1) is 0 Å². The number of alkyl halides is 3. The molecule has 0 saturated carbocycles. The first kappa shape index (κ1) is 36.0. The number of pyridine rings is 2. The lowest BCUT2D eigenvalue weighted by Crippen LogP contribution is -2.50. The number of aromatic nitrogens is 2. The summed E-state index contributed by atoms with van der Waals surface area (Å²) in [6, 6.07) is 4.89. The number of ether oxygens (including phenoxy) is 3. The number of hydrogen-bond acceptors (Lipinski definition) is 11. The van der Waals surface area contributed by atoms with Crippen LogP contribution >= 0.6 is 0 Å². The fourth-order valence-corrected chi connectivity index (χ4v) is 5.31. The normalized spacial score (nSPS) is 16.9. The van der Waals surface area contributed by atoms with E-state index >= 15 is 0 Å². The average Bonchev–Trinajstić information content (AvgIpc) is 2.95. The molecule has 0 N–H and O–H groups in total. The molecule has 4 rings (SSSR count). The van der Waals surface area contributed by atoms with Crippen LogP contribution in [0.2, 0.25) is 0 Å². The van der Waals surface area contributed by atoms with Gasteiger partial charge in [0.05, 0.1) is 5.69 Å². The van der Waals surface area contributed by atoms with Gasteiger partial charge >= 0.3 is 27.8 Å². The zero-order valence-electron chi connectivity index (χ0n) is 27.2. The molecule has 2 aromatic rings. The Balaban J connectivity index is 1.71. The molecule has 0 aromatic carbocycles. The number of anilines is 2. The molecule has 0 aliphatic carbocycles. The topological polar surface area (TPSA) is 141 Å². The van der Waals surface area contributed by atoms with Crippen molar-refractivity contribution in [1.82, 2.24) is 14.9 Å². The molecule has 2 saturated heterocycles. The predicted octanol–water partition coefficient (Wildman–Crippen LogP) is 5.35. The molecule has 2 aliphatic heterocycles. The summed E-state index contributed by atoms with van der Waals surface area (Å²) in [6.07, 6.45) is 1.28. The Morgan fingerprint density at radius 2 is 1.55 bits per heavy atom. The van der Waals surface area contributed by atoms with Crippen molar-refractivity contribution in [2.45, 2.75) is 77.1 Å². The molecule has 17 heteroatoms. The third-order valence-corrected chi connectivity index (χ3v) is 7.94. The first-order valence-electron chi connectivity index (χ1n) is 15.0. The third-order valence-electron chi connectivity index (χ3n) is 6.96. The highest BCUT2D eigenvalue weighted by Crippen LogP contribution is 2.34. The highest BCUT2D eigenvalue weighted by molar-refractivity contribution is 7.88. The summed E-state index contributed by atoms with van der Waals surface area (Å²) in [4.78, 5) is 39.6. The third kappa shape index (κ3) is 9.59. The second-order valence-electron chi connectivity index (χ2n) is 13.1. The number of halogens is 3. The maximum Gasteiger partial charge on any atom is 0.534 e. The Kier molecular flexibility index (Phi) is 10.5. The van der Waals surface area contributed by atoms with Gasteiger partial charge in [-0.25, -0.2) is 19.6 Å². The van der Waals surface area contributed by atoms with Gasteiger partial charge in [-0.15, -0.1) is 0 Å². The van der Waals surface area contributed by atoms with Crippen LogP contribution in [0.4, 0.5) is 34.4 Å². The van der Waals surface area contributed by atoms with Crippen molar-refractivity contribution in [3.63, 3.8) is 0 Å². The largest absolute Gasteiger partial charge is 0.534 e. The quantitative estimate of drug-likeness (QED) is 0.287. The van der Waals surface area contributed by atoms with E-state index in [1.165, 1.54) is 28.1 Å². The van der Waals surface area contributed by atoms with Crippen molar-refractivity contribution >= 4 is 33.9 Å². The summed E-state index contributed by atoms with van der Waals surface area (Å²) < 4.78 is 84.9. The number of rotatable bonds is 6. The lowest BCUT2D eigenvalue weighted by atomic mass is 10.1. The van der Waals surface area contributed by atoms with Gasteiger partial charge in [0.15, 0.2) is 0 Å². The van der Waals surface area contributed by atoms with E-state index in [0.717, 1.165) is 12.1 Å². The van der Waals surface area contributed by atoms with Gasteiger partial charge in [-0.1, -0.05) is 0 Å². The van der Waals surface area contributed by atoms with Crippen molar-refractivity contribution in [3.8, 4) is 17.0 Å². The number of carbonyl (C=O) groups excluding carboxylic acids is 2. The molecule has 13 nitrogen and oxygen atoms in total. The molecule has 0 spiro atoms. The van der Waals surface area contributed by atoms with E-state index in [2.05, 4.69) is 14.2 Å². The van der Waals surface area contributed by atoms with E-state index in [1.807, 2.05) is 0 Å². The molecule has 2 fully saturated rings. The first-order chi connectivity index (χ1) is 21.7. The van der Waals surface area contributed by atoms with Crippen molar-refractivity contribution in [1.29, 1.82) is 0 Å². The summed E-state index contributed by atoms with van der Waals surface area (Å²) in [5.74, 6) is -0.304. The lowest BCUT2D eigenvalue weighted by Gasteiger charge is -2.36. The summed E-state index contributed by atoms with van der Waals surface area (Å²) in [7, 11) is -6.01. The zero-order chi connectivity index (χ0) is 34.8. The van der Waals surface area contributed by atoms with E-state index in [9.17, 15) is 31.2 Å². The van der Waals surface area contributed by atoms with Crippen molar-refractivity contribution in [3.05, 3.63) is 30.5 Å². The summed E-state index contributed by atoms with van der Waals surface area (Å²) in [5.41, 5.74) is -6.80. The first-order valence-corrected chi connectivity index (χ1v) is 16.5. The van der Waals surface area contributed by atoms with Crippen LogP contribution < -0.4 is 14.0 Å². The van der Waals surface area contributed by atoms with Gasteiger partial charge in [-0.2, -0.15) is 21.6 Å². The standard InChI is InChI=1S/C30H40F3N5O8S/c1-28(2,3)44-26(39)37-13-11-36(12-14-37)25-19-22(46-47(41,42)30(31,32)33)18-23(35-25)20-7-10-34-24(17-20)38(21-8-15-43-16-9-21)27(40)45-29(4,5)6/h7,10,17-19,21H,8-9,11-16H2,1-6H3. The Labute approximate surface area is 272 Å². The van der Waals surface area contributed by atoms with Gasteiger partial charge in [0.1, 0.15) is 28.6 Å². The molecule has 4 heterocycles. The number of carbonyl (C=O) groups is 2. The number of amides is 2. The fraction of sp³-hybridized carbons (Fsp3) is 0.600. The maximum atomic E-state index is 13.4. The number of piperazine rings is 1. The van der Waals surface area contributed by atoms with Crippen LogP contribution in [-0.2, 0) is 24.3 Å². The van der Waals surface area contributed by atoms with Gasteiger partial charge in [0, 0.05) is 69.3 Å². The predicted molar refractivity (Wildman–Crippen MR) is 166 cm³/mol. The number of nitrogens with zero attached hydrogens (tertiary/aromatic N) is 5. The molecule has 260 valence electrons. The van der Waals surface area contributed by atoms with Gasteiger partial charge in [-0.3, -0.25) is 4.90 Å². The Bertz CT molecular complexity index is 1550. The van der Waals surface area contributed by atoms with Crippen LogP contribution in [0.25, 0.3) is 11.3 Å². The maximum absolute atomic E-state index is 13.4. The molecule has 0 unspecified atom stereocenters. The molecule has 2 aliphatic rings. The van der Waals surface area contributed by atoms with Crippen LogP contribution in [0.15, 0.2) is 30.5 Å². The Hall–Kier alpha value is -3.86. The molecule has 0 radical (unpaired) electrons. The van der Waals surface area contributed by atoms with Crippen molar-refractivity contribution in [2.75, 3.05) is 49.2 Å². The smallest absolute Gasteiger partial charge is 0.444 e. The van der Waals surface area contributed by atoms with Crippen LogP contribution in [-0.4, -0.2) is 97.6 Å². The van der Waals surface area contributed by atoms with Crippen molar-refractivity contribution < 1.29 is 49.6 Å². The SMILES string of the molecule is CC(C)(C)OC(=O)N1CCN(c2cc(OS(=O)(=O)C(F)(F)F)cc(-c3ccnc(N(C(=O)OC(C)(C)C)C4CCOCC4)c3)n2)CC1. The minimum Gasteiger partial charge on any atom is -0.444 e. The molecule has 2 aromatic heterocycles. The van der Waals surface area contributed by atoms with E-state index < -0.39 is 44.8 Å². The molecule has 0 bridgehead atoms. The van der Waals surface area contributed by atoms with Crippen LogP contribution in [0.5, 0.6) is 5.75 Å². The van der Waals surface area contributed by atoms with Gasteiger partial charge in [-0.05, 0) is 66.5 Å². The summed E-state index contributed by atoms with van der Waals surface area (Å²) in [6.45, 7) is 12.1. The Morgan fingerprint density at radius 1 is 0.936 bits per heavy atom. The number of hydrogen-bond donors (Lipinski definition) is 0. The van der Waals surface area contributed by atoms with Gasteiger partial charge in [0.25, 0.3) is 0 Å². The summed E-state index contributed by atoms with van der Waals surface area (Å²) in [5, 5.41) is 0. The molecular weight excluding hydrogens is 647 g/mol. The van der Waals surface area contributed by atoms with E-state index in [0.29, 0.717) is 31.6 Å². The van der Waals surface area contributed by atoms with E-state index in [4.69, 9.17) is 14.2 Å². The highest BCUT2D eigenvalue weighted by atomic mass is 32.2. The molecule has 2 amide bonds. The lowest BCUT2D eigenvalue weighted by molar-refractivity contribution is -0.0500. The van der Waals surface area contributed by atoms with Crippen LogP contribution in [0.3, 0.4) is 0 Å². The summed E-state index contributed by atoms with van der Waals surface area (Å²) >= 11 is 0. The minimum atomic E-state index is -6.01. The second kappa shape index (κ2) is 13.7. The van der Waals surface area contributed by atoms with Crippen LogP contribution in [0.1, 0.15) is 54.4 Å². The molecular formula is C30H40F3N5O8S. The van der Waals surface area contributed by atoms with Gasteiger partial charge in [0.2, 0.25) is 0 Å².